The van der Waals surface area contributed by atoms with Crippen molar-refractivity contribution in [2.24, 2.45) is 17.8 Å². The molecule has 0 spiro atoms. The molecule has 5 fully saturated rings. The van der Waals surface area contributed by atoms with Crippen molar-refractivity contribution in [2.75, 3.05) is 19.6 Å². The Labute approximate surface area is 167 Å². The predicted molar refractivity (Wildman–Crippen MR) is 108 cm³/mol. The van der Waals surface area contributed by atoms with Crippen molar-refractivity contribution in [3.05, 3.63) is 35.6 Å². The van der Waals surface area contributed by atoms with Crippen LogP contribution in [-0.4, -0.2) is 42.1 Å². The van der Waals surface area contributed by atoms with Crippen LogP contribution in [0.5, 0.6) is 0 Å². The van der Waals surface area contributed by atoms with Gasteiger partial charge in [0.05, 0.1) is 0 Å². The van der Waals surface area contributed by atoms with Crippen molar-refractivity contribution < 1.29 is 9.18 Å². The van der Waals surface area contributed by atoms with Crippen molar-refractivity contribution in [1.29, 1.82) is 0 Å². The van der Waals surface area contributed by atoms with E-state index in [1.165, 1.54) is 50.7 Å². The van der Waals surface area contributed by atoms with Gasteiger partial charge in [-0.05, 0) is 86.8 Å². The van der Waals surface area contributed by atoms with Gasteiger partial charge >= 0.3 is 6.03 Å². The first-order valence-corrected chi connectivity index (χ1v) is 11.1. The lowest BCUT2D eigenvalue weighted by atomic mass is 9.53. The molecule has 5 heteroatoms. The van der Waals surface area contributed by atoms with Crippen LogP contribution in [0.2, 0.25) is 0 Å². The largest absolute Gasteiger partial charge is 0.334 e. The second-order valence-electron chi connectivity index (χ2n) is 9.96. The lowest BCUT2D eigenvalue weighted by Gasteiger charge is -2.56. The van der Waals surface area contributed by atoms with Crippen LogP contribution in [0.4, 0.5) is 9.18 Å². The van der Waals surface area contributed by atoms with Crippen molar-refractivity contribution in [3.63, 3.8) is 0 Å². The Morgan fingerprint density at radius 3 is 2.36 bits per heavy atom. The monoisotopic (exact) mass is 385 g/mol. The van der Waals surface area contributed by atoms with Crippen molar-refractivity contribution in [2.45, 2.75) is 62.9 Å². The number of hydrogen-bond acceptors (Lipinski definition) is 2. The van der Waals surface area contributed by atoms with E-state index >= 15 is 0 Å². The second-order valence-corrected chi connectivity index (χ2v) is 9.96. The second kappa shape index (κ2) is 7.33. The molecule has 6 rings (SSSR count). The molecule has 2 N–H and O–H groups in total. The Balaban J connectivity index is 1.08. The number of urea groups is 1. The quantitative estimate of drug-likeness (QED) is 0.812. The molecule has 1 saturated heterocycles. The van der Waals surface area contributed by atoms with E-state index in [9.17, 15) is 9.18 Å². The molecule has 1 atom stereocenters. The highest BCUT2D eigenvalue weighted by Gasteiger charge is 2.51. The summed E-state index contributed by atoms with van der Waals surface area (Å²) in [6, 6.07) is 7.06. The minimum absolute atomic E-state index is 0.0485. The summed E-state index contributed by atoms with van der Waals surface area (Å²) in [6.07, 6.45) is 9.71. The zero-order chi connectivity index (χ0) is 19.1. The number of hydrogen-bond donors (Lipinski definition) is 2. The van der Waals surface area contributed by atoms with Crippen LogP contribution in [0.1, 0.15) is 50.5 Å². The molecule has 0 radical (unpaired) electrons. The molecule has 152 valence electrons. The normalized spacial score (nSPS) is 36.6. The third-order valence-electron chi connectivity index (χ3n) is 7.65. The lowest BCUT2D eigenvalue weighted by molar-refractivity contribution is -0.0136. The van der Waals surface area contributed by atoms with E-state index in [0.29, 0.717) is 0 Å². The Morgan fingerprint density at radius 1 is 1.07 bits per heavy atom. The first kappa shape index (κ1) is 18.4. The number of nitrogens with zero attached hydrogens (tertiary/aromatic N) is 1. The van der Waals surface area contributed by atoms with E-state index in [0.717, 1.165) is 55.8 Å². The summed E-state index contributed by atoms with van der Waals surface area (Å²) in [4.78, 5) is 15.1. The van der Waals surface area contributed by atoms with Gasteiger partial charge in [0.1, 0.15) is 5.82 Å². The average Bonchev–Trinajstić information content (AvgIpc) is 3.06. The maximum atomic E-state index is 13.0. The van der Waals surface area contributed by atoms with Crippen LogP contribution in [0.25, 0.3) is 0 Å². The van der Waals surface area contributed by atoms with Crippen LogP contribution in [0, 0.1) is 23.6 Å². The molecule has 28 heavy (non-hydrogen) atoms. The minimum atomic E-state index is -0.181. The number of likely N-dealkylation sites (tertiary alicyclic amines) is 1. The van der Waals surface area contributed by atoms with E-state index in [1.807, 2.05) is 12.1 Å². The van der Waals surface area contributed by atoms with Gasteiger partial charge in [0.2, 0.25) is 0 Å². The SMILES string of the molecule is O=C(NC1CCN(CCc2ccc(F)cc2)C1)NC12CC3CC(CC(C3)C1)C2. The van der Waals surface area contributed by atoms with Crippen molar-refractivity contribution in [1.82, 2.24) is 15.5 Å². The molecule has 0 aromatic heterocycles. The van der Waals surface area contributed by atoms with E-state index in [-0.39, 0.29) is 23.4 Å². The number of rotatable bonds is 5. The maximum absolute atomic E-state index is 13.0. The number of amides is 2. The highest BCUT2D eigenvalue weighted by Crippen LogP contribution is 2.55. The predicted octanol–water partition coefficient (Wildman–Crippen LogP) is 3.71. The molecule has 1 unspecified atom stereocenters. The first-order valence-electron chi connectivity index (χ1n) is 11.1. The van der Waals surface area contributed by atoms with Gasteiger partial charge in [-0.2, -0.15) is 0 Å². The first-order chi connectivity index (χ1) is 13.6. The zero-order valence-corrected chi connectivity index (χ0v) is 16.6. The van der Waals surface area contributed by atoms with E-state index in [2.05, 4.69) is 15.5 Å². The molecule has 1 aliphatic heterocycles. The van der Waals surface area contributed by atoms with Gasteiger partial charge in [-0.3, -0.25) is 0 Å². The number of nitrogens with one attached hydrogen (secondary N) is 2. The van der Waals surface area contributed by atoms with Crippen LogP contribution in [0.15, 0.2) is 24.3 Å². The topological polar surface area (TPSA) is 44.4 Å². The molecular formula is C23H32FN3O. The number of carbonyl (C=O) groups excluding carboxylic acids is 1. The molecular weight excluding hydrogens is 353 g/mol. The lowest BCUT2D eigenvalue weighted by Crippen LogP contribution is -2.62. The van der Waals surface area contributed by atoms with E-state index < -0.39 is 0 Å². The molecule has 4 aliphatic carbocycles. The molecule has 1 aromatic carbocycles. The van der Waals surface area contributed by atoms with Crippen molar-refractivity contribution >= 4 is 6.03 Å². The van der Waals surface area contributed by atoms with E-state index in [1.54, 1.807) is 0 Å². The fourth-order valence-electron chi connectivity index (χ4n) is 6.82. The molecule has 2 amide bonds. The van der Waals surface area contributed by atoms with Crippen LogP contribution in [-0.2, 0) is 6.42 Å². The Morgan fingerprint density at radius 2 is 1.71 bits per heavy atom. The van der Waals surface area contributed by atoms with Gasteiger partial charge in [0, 0.05) is 31.2 Å². The third-order valence-corrected chi connectivity index (χ3v) is 7.65. The van der Waals surface area contributed by atoms with Gasteiger partial charge in [-0.1, -0.05) is 12.1 Å². The molecule has 4 bridgehead atoms. The summed E-state index contributed by atoms with van der Waals surface area (Å²) < 4.78 is 13.0. The minimum Gasteiger partial charge on any atom is -0.334 e. The molecule has 1 aromatic rings. The van der Waals surface area contributed by atoms with Crippen molar-refractivity contribution in [3.8, 4) is 0 Å². The summed E-state index contributed by atoms with van der Waals surface area (Å²) in [5.74, 6) is 2.36. The highest BCUT2D eigenvalue weighted by atomic mass is 19.1. The third kappa shape index (κ3) is 3.91. The summed E-state index contributed by atoms with van der Waals surface area (Å²) in [6.45, 7) is 2.89. The Kier molecular flexibility index (Phi) is 4.82. The number of benzene rings is 1. The summed E-state index contributed by atoms with van der Waals surface area (Å²) in [5, 5.41) is 6.67. The van der Waals surface area contributed by atoms with Crippen LogP contribution >= 0.6 is 0 Å². The smallest absolute Gasteiger partial charge is 0.315 e. The van der Waals surface area contributed by atoms with Crippen LogP contribution < -0.4 is 10.6 Å². The molecule has 4 nitrogen and oxygen atoms in total. The highest BCUT2D eigenvalue weighted by molar-refractivity contribution is 5.75. The zero-order valence-electron chi connectivity index (χ0n) is 16.6. The molecule has 4 saturated carbocycles. The Hall–Kier alpha value is -1.62. The van der Waals surface area contributed by atoms with E-state index in [4.69, 9.17) is 0 Å². The standard InChI is InChI=1S/C23H32FN3O/c24-20-3-1-16(2-4-20)5-7-27-8-6-21(15-27)25-22(28)26-23-12-17-9-18(13-23)11-19(10-17)14-23/h1-4,17-19,21H,5-15H2,(H2,25,26,28). The van der Waals surface area contributed by atoms with Gasteiger partial charge in [0.25, 0.3) is 0 Å². The molecule has 1 heterocycles. The molecule has 5 aliphatic rings. The summed E-state index contributed by atoms with van der Waals surface area (Å²) in [5.41, 5.74) is 1.25. The van der Waals surface area contributed by atoms with Gasteiger partial charge in [-0.25, -0.2) is 9.18 Å². The fourth-order valence-corrected chi connectivity index (χ4v) is 6.82. The maximum Gasteiger partial charge on any atom is 0.315 e. The summed E-state index contributed by atoms with van der Waals surface area (Å²) in [7, 11) is 0. The van der Waals surface area contributed by atoms with Gasteiger partial charge in [-0.15, -0.1) is 0 Å². The van der Waals surface area contributed by atoms with Gasteiger partial charge < -0.3 is 15.5 Å². The number of halogens is 1. The van der Waals surface area contributed by atoms with Gasteiger partial charge in [0.15, 0.2) is 0 Å². The fraction of sp³-hybridized carbons (Fsp3) is 0.696. The summed E-state index contributed by atoms with van der Waals surface area (Å²) >= 11 is 0. The Bertz CT molecular complexity index is 684. The van der Waals surface area contributed by atoms with Crippen LogP contribution in [0.3, 0.4) is 0 Å². The average molecular weight is 386 g/mol. The number of carbonyl (C=O) groups is 1.